The van der Waals surface area contributed by atoms with Crippen LogP contribution in [0.25, 0.3) is 16.9 Å². The standard InChI is InChI=1S/C22H16N6O2/c23-13-17-12-20(28(29)30)6-7-21(17)25-14-18-15-27(19-4-2-1-3-5-19)26-22(18)16-8-10-24-11-9-16/h1-12,15,25H,14H2. The second-order valence-corrected chi connectivity index (χ2v) is 6.47. The summed E-state index contributed by atoms with van der Waals surface area (Å²) in [4.78, 5) is 14.5. The van der Waals surface area contributed by atoms with Crippen LogP contribution >= 0.6 is 0 Å². The zero-order chi connectivity index (χ0) is 20.9. The number of pyridine rings is 1. The Morgan fingerprint density at radius 1 is 1.10 bits per heavy atom. The lowest BCUT2D eigenvalue weighted by molar-refractivity contribution is -0.384. The first-order valence-electron chi connectivity index (χ1n) is 9.12. The lowest BCUT2D eigenvalue weighted by atomic mass is 10.1. The lowest BCUT2D eigenvalue weighted by Gasteiger charge is -2.08. The highest BCUT2D eigenvalue weighted by Gasteiger charge is 2.14. The van der Waals surface area contributed by atoms with Crippen molar-refractivity contribution in [3.05, 3.63) is 100 Å². The predicted octanol–water partition coefficient (Wildman–Crippen LogP) is 4.33. The molecule has 0 fully saturated rings. The van der Waals surface area contributed by atoms with E-state index in [1.807, 2.05) is 54.7 Å². The number of hydrogen-bond acceptors (Lipinski definition) is 6. The number of rotatable bonds is 6. The molecule has 0 aliphatic heterocycles. The molecule has 0 bridgehead atoms. The molecule has 2 heterocycles. The van der Waals surface area contributed by atoms with E-state index < -0.39 is 4.92 Å². The van der Waals surface area contributed by atoms with Gasteiger partial charge in [0, 0.05) is 48.4 Å². The van der Waals surface area contributed by atoms with Gasteiger partial charge in [-0.3, -0.25) is 15.1 Å². The fourth-order valence-electron chi connectivity index (χ4n) is 3.09. The number of benzene rings is 2. The first-order valence-corrected chi connectivity index (χ1v) is 9.12. The zero-order valence-electron chi connectivity index (χ0n) is 15.8. The minimum atomic E-state index is -0.518. The molecule has 0 atom stereocenters. The number of non-ortho nitro benzene ring substituents is 1. The summed E-state index contributed by atoms with van der Waals surface area (Å²) in [5.41, 5.74) is 4.15. The van der Waals surface area contributed by atoms with E-state index in [-0.39, 0.29) is 11.3 Å². The maximum atomic E-state index is 11.0. The number of anilines is 1. The largest absolute Gasteiger partial charge is 0.380 e. The van der Waals surface area contributed by atoms with Gasteiger partial charge in [0.15, 0.2) is 0 Å². The van der Waals surface area contributed by atoms with Crippen LogP contribution in [0, 0.1) is 21.4 Å². The second kappa shape index (κ2) is 8.24. The van der Waals surface area contributed by atoms with Gasteiger partial charge >= 0.3 is 0 Å². The number of para-hydroxylation sites is 1. The normalized spacial score (nSPS) is 10.4. The average molecular weight is 396 g/mol. The van der Waals surface area contributed by atoms with Crippen LogP contribution in [-0.2, 0) is 6.54 Å². The number of nitro groups is 1. The second-order valence-electron chi connectivity index (χ2n) is 6.47. The quantitative estimate of drug-likeness (QED) is 0.384. The minimum absolute atomic E-state index is 0.119. The SMILES string of the molecule is N#Cc1cc([N+](=O)[O-])ccc1NCc1cn(-c2ccccc2)nc1-c1ccncc1. The van der Waals surface area contributed by atoms with Crippen LogP contribution in [-0.4, -0.2) is 19.7 Å². The Bertz CT molecular complexity index is 1230. The number of aromatic nitrogens is 3. The van der Waals surface area contributed by atoms with Crippen molar-refractivity contribution in [3.8, 4) is 23.0 Å². The van der Waals surface area contributed by atoms with E-state index in [4.69, 9.17) is 5.10 Å². The number of nitro benzene ring substituents is 1. The molecule has 0 saturated carbocycles. The summed E-state index contributed by atoms with van der Waals surface area (Å²) in [6, 6.07) is 19.7. The van der Waals surface area contributed by atoms with Crippen LogP contribution in [0.3, 0.4) is 0 Å². The third-order valence-electron chi connectivity index (χ3n) is 4.57. The third kappa shape index (κ3) is 3.86. The van der Waals surface area contributed by atoms with E-state index in [0.29, 0.717) is 12.2 Å². The van der Waals surface area contributed by atoms with Gasteiger partial charge in [-0.1, -0.05) is 18.2 Å². The summed E-state index contributed by atoms with van der Waals surface area (Å²) < 4.78 is 1.80. The number of nitriles is 1. The highest BCUT2D eigenvalue weighted by molar-refractivity contribution is 5.65. The number of nitrogens with zero attached hydrogens (tertiary/aromatic N) is 5. The van der Waals surface area contributed by atoms with E-state index in [0.717, 1.165) is 22.5 Å². The molecule has 30 heavy (non-hydrogen) atoms. The van der Waals surface area contributed by atoms with E-state index in [1.54, 1.807) is 23.1 Å². The van der Waals surface area contributed by atoms with Gasteiger partial charge in [-0.05, 0) is 30.3 Å². The molecular weight excluding hydrogens is 380 g/mol. The van der Waals surface area contributed by atoms with Crippen LogP contribution in [0.15, 0.2) is 79.3 Å². The molecule has 0 aliphatic rings. The average Bonchev–Trinajstić information content (AvgIpc) is 3.23. The van der Waals surface area contributed by atoms with E-state index in [1.165, 1.54) is 12.1 Å². The molecule has 4 aromatic rings. The summed E-state index contributed by atoms with van der Waals surface area (Å²) >= 11 is 0. The van der Waals surface area contributed by atoms with Crippen LogP contribution in [0.2, 0.25) is 0 Å². The Hall–Kier alpha value is -4.51. The van der Waals surface area contributed by atoms with Crippen molar-refractivity contribution in [3.63, 3.8) is 0 Å². The highest BCUT2D eigenvalue weighted by Crippen LogP contribution is 2.26. The highest BCUT2D eigenvalue weighted by atomic mass is 16.6. The summed E-state index contributed by atoms with van der Waals surface area (Å²) in [7, 11) is 0. The first kappa shape index (κ1) is 18.8. The Kier molecular flexibility index (Phi) is 5.17. The Balaban J connectivity index is 1.68. The van der Waals surface area contributed by atoms with Crippen molar-refractivity contribution in [2.45, 2.75) is 6.54 Å². The van der Waals surface area contributed by atoms with E-state index in [9.17, 15) is 15.4 Å². The van der Waals surface area contributed by atoms with Crippen molar-refractivity contribution >= 4 is 11.4 Å². The molecule has 8 heteroatoms. The van der Waals surface area contributed by atoms with Gasteiger partial charge < -0.3 is 5.32 Å². The van der Waals surface area contributed by atoms with E-state index in [2.05, 4.69) is 10.3 Å². The van der Waals surface area contributed by atoms with Crippen LogP contribution in [0.1, 0.15) is 11.1 Å². The Labute approximate surface area is 172 Å². The molecule has 0 aliphatic carbocycles. The number of nitrogens with one attached hydrogen (secondary N) is 1. The molecule has 1 N–H and O–H groups in total. The number of hydrogen-bond donors (Lipinski definition) is 1. The monoisotopic (exact) mass is 396 g/mol. The van der Waals surface area contributed by atoms with Crippen LogP contribution in [0.5, 0.6) is 0 Å². The molecule has 0 amide bonds. The molecule has 4 rings (SSSR count). The summed E-state index contributed by atoms with van der Waals surface area (Å²) in [6.45, 7) is 0.386. The lowest BCUT2D eigenvalue weighted by Crippen LogP contribution is -2.02. The van der Waals surface area contributed by atoms with Gasteiger partial charge in [0.2, 0.25) is 0 Å². The van der Waals surface area contributed by atoms with Gasteiger partial charge in [-0.15, -0.1) is 0 Å². The smallest absolute Gasteiger partial charge is 0.270 e. The van der Waals surface area contributed by atoms with Crippen molar-refractivity contribution < 1.29 is 4.92 Å². The first-order chi connectivity index (χ1) is 14.7. The van der Waals surface area contributed by atoms with Gasteiger partial charge in [0.05, 0.1) is 27.6 Å². The Morgan fingerprint density at radius 2 is 1.87 bits per heavy atom. The van der Waals surface area contributed by atoms with Gasteiger partial charge in [0.1, 0.15) is 6.07 Å². The molecule has 0 unspecified atom stereocenters. The molecule has 0 radical (unpaired) electrons. The van der Waals surface area contributed by atoms with Crippen molar-refractivity contribution in [2.24, 2.45) is 0 Å². The Morgan fingerprint density at radius 3 is 2.57 bits per heavy atom. The molecule has 0 saturated heterocycles. The zero-order valence-corrected chi connectivity index (χ0v) is 15.8. The van der Waals surface area contributed by atoms with Crippen molar-refractivity contribution in [2.75, 3.05) is 5.32 Å². The summed E-state index contributed by atoms with van der Waals surface area (Å²) in [6.07, 6.45) is 5.34. The van der Waals surface area contributed by atoms with Gasteiger partial charge in [0.25, 0.3) is 5.69 Å². The van der Waals surface area contributed by atoms with Gasteiger partial charge in [-0.2, -0.15) is 10.4 Å². The summed E-state index contributed by atoms with van der Waals surface area (Å²) in [5, 5.41) is 28.3. The van der Waals surface area contributed by atoms with Crippen molar-refractivity contribution in [1.82, 2.24) is 14.8 Å². The molecule has 2 aromatic carbocycles. The van der Waals surface area contributed by atoms with Crippen LogP contribution in [0.4, 0.5) is 11.4 Å². The van der Waals surface area contributed by atoms with E-state index >= 15 is 0 Å². The molecule has 0 spiro atoms. The minimum Gasteiger partial charge on any atom is -0.380 e. The van der Waals surface area contributed by atoms with Crippen molar-refractivity contribution in [1.29, 1.82) is 5.26 Å². The molecular formula is C22H16N6O2. The molecule has 8 nitrogen and oxygen atoms in total. The fraction of sp³-hybridized carbons (Fsp3) is 0.0455. The molecule has 146 valence electrons. The molecule has 2 aromatic heterocycles. The summed E-state index contributed by atoms with van der Waals surface area (Å²) in [5.74, 6) is 0. The third-order valence-corrected chi connectivity index (χ3v) is 4.57. The van der Waals surface area contributed by atoms with Crippen LogP contribution < -0.4 is 5.32 Å². The maximum absolute atomic E-state index is 11.0. The predicted molar refractivity (Wildman–Crippen MR) is 112 cm³/mol. The topological polar surface area (TPSA) is 110 Å². The van der Waals surface area contributed by atoms with Gasteiger partial charge in [-0.25, -0.2) is 4.68 Å². The fourth-order valence-corrected chi connectivity index (χ4v) is 3.09. The maximum Gasteiger partial charge on any atom is 0.270 e.